The van der Waals surface area contributed by atoms with Gasteiger partial charge >= 0.3 is 0 Å². The molecule has 12 aromatic rings. The second kappa shape index (κ2) is 11.8. The molecule has 12 rings (SSSR count). The molecule has 0 saturated heterocycles. The van der Waals surface area contributed by atoms with Crippen LogP contribution in [0.4, 0.5) is 17.1 Å². The SMILES string of the molecule is c1ccc(N(c2ccccc2)c2ccc3c(c2)sc2cc(-c4ccc5ccc6c7c(ccc4c57)cc4c6c5ccccc5n4-c4ccccc4)ccc23)cc1. The summed E-state index contributed by atoms with van der Waals surface area (Å²) in [7, 11) is 0. The quantitative estimate of drug-likeness (QED) is 0.161. The molecule has 0 fully saturated rings. The molecule has 0 aliphatic rings. The van der Waals surface area contributed by atoms with Crippen molar-refractivity contribution in [2.75, 3.05) is 4.90 Å². The van der Waals surface area contributed by atoms with Crippen LogP contribution in [0.25, 0.3) is 91.1 Å². The van der Waals surface area contributed by atoms with E-state index in [1.54, 1.807) is 0 Å². The van der Waals surface area contributed by atoms with Crippen LogP contribution >= 0.6 is 11.3 Å². The molecule has 0 aliphatic heterocycles. The second-order valence-electron chi connectivity index (χ2n) is 14.5. The zero-order valence-electron chi connectivity index (χ0n) is 29.8. The minimum absolute atomic E-state index is 1.15. The summed E-state index contributed by atoms with van der Waals surface area (Å²) in [5.74, 6) is 0. The maximum Gasteiger partial charge on any atom is 0.0553 e. The van der Waals surface area contributed by atoms with E-state index in [-0.39, 0.29) is 0 Å². The predicted molar refractivity (Wildman–Crippen MR) is 237 cm³/mol. The Balaban J connectivity index is 1.03. The zero-order chi connectivity index (χ0) is 36.0. The normalized spacial score (nSPS) is 12.0. The minimum atomic E-state index is 1.15. The molecule has 0 N–H and O–H groups in total. The van der Waals surface area contributed by atoms with Crippen molar-refractivity contribution in [3.63, 3.8) is 0 Å². The number of para-hydroxylation sites is 4. The van der Waals surface area contributed by atoms with Crippen molar-refractivity contribution in [2.45, 2.75) is 0 Å². The first-order valence-corrected chi connectivity index (χ1v) is 19.7. The number of thiophene rings is 1. The Morgan fingerprint density at radius 3 is 1.75 bits per heavy atom. The summed E-state index contributed by atoms with van der Waals surface area (Å²) in [6, 6.07) is 71.3. The second-order valence-corrected chi connectivity index (χ2v) is 15.6. The Morgan fingerprint density at radius 2 is 0.964 bits per heavy atom. The van der Waals surface area contributed by atoms with Gasteiger partial charge in [0.05, 0.1) is 11.0 Å². The summed E-state index contributed by atoms with van der Waals surface area (Å²) < 4.78 is 5.02. The van der Waals surface area contributed by atoms with Gasteiger partial charge in [0, 0.05) is 53.7 Å². The number of fused-ring (bicyclic) bond motifs is 7. The van der Waals surface area contributed by atoms with Crippen LogP contribution in [-0.2, 0) is 0 Å². The monoisotopic (exact) mass is 716 g/mol. The molecule has 0 radical (unpaired) electrons. The molecule has 0 saturated carbocycles. The third kappa shape index (κ3) is 4.54. The summed E-state index contributed by atoms with van der Waals surface area (Å²) in [5.41, 5.74) is 9.63. The van der Waals surface area contributed by atoms with Crippen molar-refractivity contribution in [3.8, 4) is 16.8 Å². The molecule has 0 bridgehead atoms. The minimum Gasteiger partial charge on any atom is -0.310 e. The Hall–Kier alpha value is -6.94. The first-order chi connectivity index (χ1) is 27.3. The molecule has 2 aromatic heterocycles. The fourth-order valence-electron chi connectivity index (χ4n) is 9.11. The van der Waals surface area contributed by atoms with Crippen LogP contribution in [0, 0.1) is 0 Å². The third-order valence-electron chi connectivity index (χ3n) is 11.5. The number of hydrogen-bond acceptors (Lipinski definition) is 2. The number of anilines is 3. The van der Waals surface area contributed by atoms with Gasteiger partial charge in [0.15, 0.2) is 0 Å². The van der Waals surface area contributed by atoms with Gasteiger partial charge < -0.3 is 9.47 Å². The van der Waals surface area contributed by atoms with E-state index in [1.807, 2.05) is 11.3 Å². The lowest BCUT2D eigenvalue weighted by molar-refractivity contribution is 1.18. The lowest BCUT2D eigenvalue weighted by Crippen LogP contribution is -2.09. The Morgan fingerprint density at radius 1 is 0.364 bits per heavy atom. The molecular formula is C52H32N2S. The molecule has 10 aromatic carbocycles. The summed E-state index contributed by atoms with van der Waals surface area (Å²) in [4.78, 5) is 2.34. The summed E-state index contributed by atoms with van der Waals surface area (Å²) in [6.45, 7) is 0. The van der Waals surface area contributed by atoms with Gasteiger partial charge in [0.25, 0.3) is 0 Å². The van der Waals surface area contributed by atoms with Gasteiger partial charge in [0.2, 0.25) is 0 Å². The van der Waals surface area contributed by atoms with Gasteiger partial charge in [-0.25, -0.2) is 0 Å². The average Bonchev–Trinajstić information content (AvgIpc) is 3.78. The zero-order valence-corrected chi connectivity index (χ0v) is 30.6. The number of hydrogen-bond donors (Lipinski definition) is 0. The molecular weight excluding hydrogens is 685 g/mol. The van der Waals surface area contributed by atoms with E-state index in [0.717, 1.165) is 17.1 Å². The summed E-state index contributed by atoms with van der Waals surface area (Å²) in [5, 5.41) is 13.0. The standard InChI is InChI=1S/C52H32N2S/c1-4-12-36(13-5-1)53(37-14-6-2-7-15-37)39-24-29-42-41-26-22-34(31-48(41)55-49(42)32-39)40-25-20-33-21-28-45-51-35(23-27-43(40)50(33)51)30-47-52(45)44-18-10-11-19-46(44)54(47)38-16-8-3-9-17-38/h1-32H. The van der Waals surface area contributed by atoms with Crippen LogP contribution in [0.2, 0.25) is 0 Å². The molecule has 2 nitrogen and oxygen atoms in total. The summed E-state index contributed by atoms with van der Waals surface area (Å²) >= 11 is 1.88. The Bertz CT molecular complexity index is 3380. The van der Waals surface area contributed by atoms with Crippen LogP contribution in [0.3, 0.4) is 0 Å². The first-order valence-electron chi connectivity index (χ1n) is 18.8. The Labute approximate surface area is 321 Å². The molecule has 0 unspecified atom stereocenters. The lowest BCUT2D eigenvalue weighted by atomic mass is 9.88. The molecule has 256 valence electrons. The van der Waals surface area contributed by atoms with Crippen LogP contribution in [-0.4, -0.2) is 4.57 Å². The first kappa shape index (κ1) is 30.5. The number of rotatable bonds is 5. The van der Waals surface area contributed by atoms with E-state index < -0.39 is 0 Å². The van der Waals surface area contributed by atoms with Crippen molar-refractivity contribution in [1.82, 2.24) is 4.57 Å². The van der Waals surface area contributed by atoms with Crippen molar-refractivity contribution < 1.29 is 0 Å². The molecule has 0 aliphatic carbocycles. The van der Waals surface area contributed by atoms with E-state index in [1.165, 1.54) is 91.1 Å². The van der Waals surface area contributed by atoms with Gasteiger partial charge in [-0.15, -0.1) is 11.3 Å². The molecule has 0 spiro atoms. The van der Waals surface area contributed by atoms with Crippen LogP contribution < -0.4 is 4.90 Å². The fourth-order valence-corrected chi connectivity index (χ4v) is 10.3. The largest absolute Gasteiger partial charge is 0.310 e. The highest BCUT2D eigenvalue weighted by Gasteiger charge is 2.20. The van der Waals surface area contributed by atoms with Gasteiger partial charge in [-0.2, -0.15) is 0 Å². The van der Waals surface area contributed by atoms with Crippen LogP contribution in [0.15, 0.2) is 194 Å². The van der Waals surface area contributed by atoms with Gasteiger partial charge in [-0.3, -0.25) is 0 Å². The highest BCUT2D eigenvalue weighted by molar-refractivity contribution is 7.25. The van der Waals surface area contributed by atoms with E-state index in [4.69, 9.17) is 0 Å². The number of nitrogens with zero attached hydrogens (tertiary/aromatic N) is 2. The van der Waals surface area contributed by atoms with Crippen molar-refractivity contribution in [1.29, 1.82) is 0 Å². The van der Waals surface area contributed by atoms with Gasteiger partial charge in [-0.05, 0) is 110 Å². The fraction of sp³-hybridized carbons (Fsp3) is 0. The van der Waals surface area contributed by atoms with Crippen molar-refractivity contribution in [3.05, 3.63) is 194 Å². The highest BCUT2D eigenvalue weighted by Crippen LogP contribution is 2.46. The van der Waals surface area contributed by atoms with Gasteiger partial charge in [-0.1, -0.05) is 127 Å². The maximum absolute atomic E-state index is 2.43. The highest BCUT2D eigenvalue weighted by atomic mass is 32.1. The topological polar surface area (TPSA) is 8.17 Å². The van der Waals surface area contributed by atoms with E-state index in [9.17, 15) is 0 Å². The van der Waals surface area contributed by atoms with Gasteiger partial charge in [0.1, 0.15) is 0 Å². The predicted octanol–water partition coefficient (Wildman–Crippen LogP) is 15.2. The average molecular weight is 717 g/mol. The summed E-state index contributed by atoms with van der Waals surface area (Å²) in [6.07, 6.45) is 0. The molecule has 3 heteroatoms. The van der Waals surface area contributed by atoms with Crippen LogP contribution in [0.5, 0.6) is 0 Å². The smallest absolute Gasteiger partial charge is 0.0553 e. The molecule has 0 atom stereocenters. The van der Waals surface area contributed by atoms with Crippen LogP contribution in [0.1, 0.15) is 0 Å². The van der Waals surface area contributed by atoms with E-state index >= 15 is 0 Å². The van der Waals surface area contributed by atoms with E-state index in [0.29, 0.717) is 0 Å². The number of benzene rings is 10. The lowest BCUT2D eigenvalue weighted by Gasteiger charge is -2.25. The third-order valence-corrected chi connectivity index (χ3v) is 12.6. The molecule has 2 heterocycles. The van der Waals surface area contributed by atoms with Crippen molar-refractivity contribution >= 4 is 103 Å². The Kier molecular flexibility index (Phi) is 6.54. The van der Waals surface area contributed by atoms with Crippen molar-refractivity contribution in [2.24, 2.45) is 0 Å². The maximum atomic E-state index is 2.43. The number of aromatic nitrogens is 1. The molecule has 55 heavy (non-hydrogen) atoms. The van der Waals surface area contributed by atoms with E-state index in [2.05, 4.69) is 204 Å². The molecule has 0 amide bonds.